The Balaban J connectivity index is 2.22. The number of hydrogen-bond acceptors (Lipinski definition) is 6. The van der Waals surface area contributed by atoms with Crippen LogP contribution in [0.2, 0.25) is 0 Å². The minimum atomic E-state index is -0.578. The molecule has 0 aromatic carbocycles. The normalized spacial score (nSPS) is 9.72. The molecule has 0 spiro atoms. The number of nitrogens with zero attached hydrogens (tertiary/aromatic N) is 3. The number of anilines is 1. The summed E-state index contributed by atoms with van der Waals surface area (Å²) in [5, 5.41) is 22.3. The molecule has 1 N–H and O–H groups in total. The van der Waals surface area contributed by atoms with Gasteiger partial charge < -0.3 is 9.73 Å². The van der Waals surface area contributed by atoms with Crippen LogP contribution in [0.4, 0.5) is 11.5 Å². The Bertz CT molecular complexity index is 601. The third kappa shape index (κ3) is 2.44. The molecule has 2 aromatic rings. The van der Waals surface area contributed by atoms with Gasteiger partial charge in [0, 0.05) is 24.4 Å². The molecule has 0 radical (unpaired) electrons. The summed E-state index contributed by atoms with van der Waals surface area (Å²) in [6.07, 6.45) is 4.32. The van der Waals surface area contributed by atoms with E-state index in [1.807, 2.05) is 6.07 Å². The van der Waals surface area contributed by atoms with Crippen LogP contribution in [0, 0.1) is 21.4 Å². The van der Waals surface area contributed by atoms with Gasteiger partial charge in [-0.15, -0.1) is 0 Å². The van der Waals surface area contributed by atoms with Crippen molar-refractivity contribution in [2.45, 2.75) is 6.54 Å². The molecule has 0 aliphatic rings. The highest BCUT2D eigenvalue weighted by Crippen LogP contribution is 2.23. The van der Waals surface area contributed by atoms with Crippen molar-refractivity contribution < 1.29 is 9.34 Å². The van der Waals surface area contributed by atoms with E-state index in [0.29, 0.717) is 6.54 Å². The Kier molecular flexibility index (Phi) is 3.20. The van der Waals surface area contributed by atoms with Crippen LogP contribution in [0.5, 0.6) is 0 Å². The lowest BCUT2D eigenvalue weighted by Gasteiger charge is -2.04. The van der Waals surface area contributed by atoms with Crippen LogP contribution in [-0.2, 0) is 6.54 Å². The fourth-order valence-corrected chi connectivity index (χ4v) is 1.37. The molecule has 0 aliphatic heterocycles. The highest BCUT2D eigenvalue weighted by molar-refractivity contribution is 5.58. The van der Waals surface area contributed by atoms with Crippen molar-refractivity contribution in [1.82, 2.24) is 4.98 Å². The highest BCUT2D eigenvalue weighted by atomic mass is 16.6. The minimum absolute atomic E-state index is 0.125. The zero-order valence-corrected chi connectivity index (χ0v) is 9.16. The summed E-state index contributed by atoms with van der Waals surface area (Å²) in [4.78, 5) is 14.1. The lowest BCUT2D eigenvalue weighted by Crippen LogP contribution is -2.04. The van der Waals surface area contributed by atoms with E-state index >= 15 is 0 Å². The van der Waals surface area contributed by atoms with E-state index in [0.717, 1.165) is 5.56 Å². The van der Waals surface area contributed by atoms with E-state index in [-0.39, 0.29) is 17.1 Å². The first-order valence-corrected chi connectivity index (χ1v) is 5.00. The predicted octanol–water partition coefficient (Wildman–Crippen LogP) is 2.07. The molecule has 0 saturated heterocycles. The molecule has 2 aromatic heterocycles. The van der Waals surface area contributed by atoms with Crippen molar-refractivity contribution in [2.24, 2.45) is 0 Å². The summed E-state index contributed by atoms with van der Waals surface area (Å²) in [6.45, 7) is 0.357. The van der Waals surface area contributed by atoms with Gasteiger partial charge in [-0.25, -0.2) is 4.98 Å². The molecule has 0 atom stereocenters. The SMILES string of the molecule is N#Cc1cnc(NCc2ccoc2)c([N+](=O)[O-])c1. The molecule has 7 nitrogen and oxygen atoms in total. The molecule has 0 unspecified atom stereocenters. The first kappa shape index (κ1) is 11.6. The maximum absolute atomic E-state index is 10.8. The summed E-state index contributed by atoms with van der Waals surface area (Å²) in [5.74, 6) is 0.125. The fraction of sp³-hybridized carbons (Fsp3) is 0.0909. The van der Waals surface area contributed by atoms with Crippen LogP contribution < -0.4 is 5.32 Å². The smallest absolute Gasteiger partial charge is 0.312 e. The van der Waals surface area contributed by atoms with Crippen molar-refractivity contribution in [2.75, 3.05) is 5.32 Å². The van der Waals surface area contributed by atoms with Gasteiger partial charge in [0.15, 0.2) is 0 Å². The van der Waals surface area contributed by atoms with Crippen LogP contribution in [-0.4, -0.2) is 9.91 Å². The molecule has 7 heteroatoms. The number of rotatable bonds is 4. The molecule has 0 fully saturated rings. The highest BCUT2D eigenvalue weighted by Gasteiger charge is 2.16. The second-order valence-corrected chi connectivity index (χ2v) is 3.45. The number of nitrogens with one attached hydrogen (secondary N) is 1. The maximum Gasteiger partial charge on any atom is 0.312 e. The standard InChI is InChI=1S/C11H8N4O3/c12-4-9-3-10(15(16)17)11(14-6-9)13-5-8-1-2-18-7-8/h1-3,6-7H,5H2,(H,13,14). The van der Waals surface area contributed by atoms with Crippen molar-refractivity contribution in [3.8, 4) is 6.07 Å². The number of aromatic nitrogens is 1. The molecule has 0 aliphatic carbocycles. The van der Waals surface area contributed by atoms with E-state index in [2.05, 4.69) is 10.3 Å². The van der Waals surface area contributed by atoms with Gasteiger partial charge in [0.2, 0.25) is 5.82 Å². The van der Waals surface area contributed by atoms with Crippen molar-refractivity contribution >= 4 is 11.5 Å². The van der Waals surface area contributed by atoms with E-state index in [4.69, 9.17) is 9.68 Å². The first-order valence-electron chi connectivity index (χ1n) is 5.00. The zero-order valence-electron chi connectivity index (χ0n) is 9.16. The molecular formula is C11H8N4O3. The molecule has 2 heterocycles. The van der Waals surface area contributed by atoms with Crippen LogP contribution in [0.15, 0.2) is 35.3 Å². The molecular weight excluding hydrogens is 236 g/mol. The molecule has 0 saturated carbocycles. The lowest BCUT2D eigenvalue weighted by molar-refractivity contribution is -0.384. The van der Waals surface area contributed by atoms with Crippen LogP contribution in [0.1, 0.15) is 11.1 Å². The summed E-state index contributed by atoms with van der Waals surface area (Å²) in [7, 11) is 0. The number of pyridine rings is 1. The maximum atomic E-state index is 10.8. The van der Waals surface area contributed by atoms with Gasteiger partial charge in [0.25, 0.3) is 0 Å². The monoisotopic (exact) mass is 244 g/mol. The summed E-state index contributed by atoms with van der Waals surface area (Å²) >= 11 is 0. The van der Waals surface area contributed by atoms with Gasteiger partial charge in [-0.05, 0) is 6.07 Å². The summed E-state index contributed by atoms with van der Waals surface area (Å²) in [6, 6.07) is 4.73. The third-order valence-corrected chi connectivity index (χ3v) is 2.23. The van der Waals surface area contributed by atoms with Gasteiger partial charge in [-0.3, -0.25) is 10.1 Å². The first-order chi connectivity index (χ1) is 8.70. The average molecular weight is 244 g/mol. The fourth-order valence-electron chi connectivity index (χ4n) is 1.37. The number of hydrogen-bond donors (Lipinski definition) is 1. The second-order valence-electron chi connectivity index (χ2n) is 3.45. The van der Waals surface area contributed by atoms with Crippen LogP contribution in [0.25, 0.3) is 0 Å². The lowest BCUT2D eigenvalue weighted by atomic mass is 10.2. The third-order valence-electron chi connectivity index (χ3n) is 2.23. The number of nitriles is 1. The summed E-state index contributed by atoms with van der Waals surface area (Å²) in [5.41, 5.74) is 0.767. The Morgan fingerprint density at radius 1 is 1.61 bits per heavy atom. The van der Waals surface area contributed by atoms with E-state index in [1.54, 1.807) is 6.07 Å². The van der Waals surface area contributed by atoms with Crippen molar-refractivity contribution in [1.29, 1.82) is 5.26 Å². The molecule has 18 heavy (non-hydrogen) atoms. The zero-order chi connectivity index (χ0) is 13.0. The number of furan rings is 1. The molecule has 90 valence electrons. The summed E-state index contributed by atoms with van der Waals surface area (Å²) < 4.78 is 4.88. The Morgan fingerprint density at radius 3 is 3.06 bits per heavy atom. The Morgan fingerprint density at radius 2 is 2.44 bits per heavy atom. The van der Waals surface area contributed by atoms with Crippen molar-refractivity contribution in [3.63, 3.8) is 0 Å². The van der Waals surface area contributed by atoms with E-state index in [9.17, 15) is 10.1 Å². The van der Waals surface area contributed by atoms with Gasteiger partial charge in [-0.2, -0.15) is 5.26 Å². The molecule has 0 bridgehead atoms. The average Bonchev–Trinajstić information content (AvgIpc) is 2.89. The Hall–Kier alpha value is -2.88. The van der Waals surface area contributed by atoms with Crippen LogP contribution >= 0.6 is 0 Å². The van der Waals surface area contributed by atoms with Crippen LogP contribution in [0.3, 0.4) is 0 Å². The van der Waals surface area contributed by atoms with Gasteiger partial charge in [0.05, 0.1) is 23.0 Å². The van der Waals surface area contributed by atoms with E-state index < -0.39 is 4.92 Å². The Labute approximate surface area is 102 Å². The molecule has 0 amide bonds. The van der Waals surface area contributed by atoms with E-state index in [1.165, 1.54) is 24.8 Å². The number of nitro groups is 1. The van der Waals surface area contributed by atoms with Crippen molar-refractivity contribution in [3.05, 3.63) is 52.1 Å². The topological polar surface area (TPSA) is 105 Å². The minimum Gasteiger partial charge on any atom is -0.472 e. The quantitative estimate of drug-likeness (QED) is 0.651. The predicted molar refractivity (Wildman–Crippen MR) is 61.6 cm³/mol. The largest absolute Gasteiger partial charge is 0.472 e. The second kappa shape index (κ2) is 4.97. The molecule has 2 rings (SSSR count). The van der Waals surface area contributed by atoms with Gasteiger partial charge in [0.1, 0.15) is 6.07 Å². The van der Waals surface area contributed by atoms with Gasteiger partial charge in [-0.1, -0.05) is 0 Å². The van der Waals surface area contributed by atoms with Gasteiger partial charge >= 0.3 is 5.69 Å².